The lowest BCUT2D eigenvalue weighted by molar-refractivity contribution is 0.0568. The van der Waals surface area contributed by atoms with Crippen LogP contribution in [0.3, 0.4) is 0 Å². The Bertz CT molecular complexity index is 559. The maximum absolute atomic E-state index is 13.8. The van der Waals surface area contributed by atoms with E-state index in [1.165, 1.54) is 19.2 Å². The van der Waals surface area contributed by atoms with E-state index in [1.54, 1.807) is 6.07 Å². The third-order valence-corrected chi connectivity index (χ3v) is 5.96. The lowest BCUT2D eigenvalue weighted by atomic mass is 9.93. The number of benzene rings is 1. The van der Waals surface area contributed by atoms with Gasteiger partial charge in [0.1, 0.15) is 5.82 Å². The zero-order valence-corrected chi connectivity index (χ0v) is 12.7. The Hall–Kier alpha value is -0.690. The number of nitrogens with one attached hydrogen (secondary N) is 1. The van der Waals surface area contributed by atoms with Gasteiger partial charge in [0.05, 0.1) is 11.9 Å². The van der Waals surface area contributed by atoms with E-state index >= 15 is 0 Å². The SMILES string of the molecule is CNS(=O)(=O)[C@@H]1CCOC[C@H]1Cc1c(F)cccc1Cl. The molecule has 2 rings (SSSR count). The number of ether oxygens (including phenoxy) is 1. The highest BCUT2D eigenvalue weighted by Gasteiger charge is 2.36. The van der Waals surface area contributed by atoms with Crippen molar-refractivity contribution >= 4 is 21.6 Å². The van der Waals surface area contributed by atoms with Crippen LogP contribution in [0.2, 0.25) is 5.02 Å². The second-order valence-electron chi connectivity index (χ2n) is 4.82. The molecule has 7 heteroatoms. The largest absolute Gasteiger partial charge is 0.381 e. The molecule has 1 aromatic rings. The molecule has 0 saturated carbocycles. The van der Waals surface area contributed by atoms with Gasteiger partial charge in [-0.25, -0.2) is 17.5 Å². The van der Waals surface area contributed by atoms with Crippen molar-refractivity contribution in [2.45, 2.75) is 18.1 Å². The average molecular weight is 322 g/mol. The molecule has 1 aliphatic heterocycles. The highest BCUT2D eigenvalue weighted by Crippen LogP contribution is 2.29. The summed E-state index contributed by atoms with van der Waals surface area (Å²) in [5.74, 6) is -0.723. The van der Waals surface area contributed by atoms with E-state index in [2.05, 4.69) is 4.72 Å². The van der Waals surface area contributed by atoms with Gasteiger partial charge in [0.2, 0.25) is 10.0 Å². The van der Waals surface area contributed by atoms with Gasteiger partial charge in [0, 0.05) is 23.1 Å². The molecular formula is C13H17ClFNO3S. The van der Waals surface area contributed by atoms with Crippen LogP contribution in [0.4, 0.5) is 4.39 Å². The van der Waals surface area contributed by atoms with Crippen molar-refractivity contribution in [2.24, 2.45) is 5.92 Å². The summed E-state index contributed by atoms with van der Waals surface area (Å²) in [5, 5.41) is -0.270. The highest BCUT2D eigenvalue weighted by atomic mass is 35.5. The summed E-state index contributed by atoms with van der Waals surface area (Å²) in [6.07, 6.45) is 0.650. The molecule has 4 nitrogen and oxygen atoms in total. The van der Waals surface area contributed by atoms with Crippen LogP contribution >= 0.6 is 11.6 Å². The van der Waals surface area contributed by atoms with Crippen LogP contribution in [-0.4, -0.2) is 33.9 Å². The normalized spacial score (nSPS) is 23.8. The molecule has 0 radical (unpaired) electrons. The van der Waals surface area contributed by atoms with Crippen molar-refractivity contribution in [1.29, 1.82) is 0 Å². The molecule has 1 aliphatic rings. The van der Waals surface area contributed by atoms with Gasteiger partial charge in [-0.2, -0.15) is 0 Å². The van der Waals surface area contributed by atoms with Crippen LogP contribution in [0.5, 0.6) is 0 Å². The Morgan fingerprint density at radius 1 is 1.50 bits per heavy atom. The van der Waals surface area contributed by atoms with Crippen LogP contribution in [0.15, 0.2) is 18.2 Å². The van der Waals surface area contributed by atoms with Gasteiger partial charge in [-0.15, -0.1) is 0 Å². The van der Waals surface area contributed by atoms with Gasteiger partial charge in [-0.3, -0.25) is 0 Å². The third kappa shape index (κ3) is 3.31. The van der Waals surface area contributed by atoms with Crippen molar-refractivity contribution in [3.8, 4) is 0 Å². The quantitative estimate of drug-likeness (QED) is 0.922. The van der Waals surface area contributed by atoms with E-state index in [-0.39, 0.29) is 18.9 Å². The fraction of sp³-hybridized carbons (Fsp3) is 0.538. The van der Waals surface area contributed by atoms with E-state index in [9.17, 15) is 12.8 Å². The predicted octanol–water partition coefficient (Wildman–Crippen LogP) is 1.98. The maximum Gasteiger partial charge on any atom is 0.214 e. The predicted molar refractivity (Wildman–Crippen MR) is 75.8 cm³/mol. The molecule has 0 bridgehead atoms. The number of hydrogen-bond donors (Lipinski definition) is 1. The fourth-order valence-electron chi connectivity index (χ4n) is 2.52. The van der Waals surface area contributed by atoms with E-state index in [4.69, 9.17) is 16.3 Å². The topological polar surface area (TPSA) is 55.4 Å². The molecular weight excluding hydrogens is 305 g/mol. The van der Waals surface area contributed by atoms with Gasteiger partial charge in [-0.05, 0) is 32.0 Å². The second-order valence-corrected chi connectivity index (χ2v) is 7.33. The lowest BCUT2D eigenvalue weighted by Crippen LogP contribution is -2.43. The summed E-state index contributed by atoms with van der Waals surface area (Å²) < 4.78 is 45.6. The number of halogens is 2. The standard InChI is InChI=1S/C13H17ClFNO3S/c1-16-20(17,18)13-5-6-19-8-9(13)7-10-11(14)3-2-4-12(10)15/h2-4,9,13,16H,5-8H2,1H3/t9-,13-/m1/s1. The molecule has 1 heterocycles. The number of hydrogen-bond acceptors (Lipinski definition) is 3. The van der Waals surface area contributed by atoms with Crippen LogP contribution < -0.4 is 4.72 Å². The highest BCUT2D eigenvalue weighted by molar-refractivity contribution is 7.90. The van der Waals surface area contributed by atoms with Crippen LogP contribution in [0.25, 0.3) is 0 Å². The van der Waals surface area contributed by atoms with Crippen LogP contribution in [0, 0.1) is 11.7 Å². The summed E-state index contributed by atoms with van der Waals surface area (Å²) in [5.41, 5.74) is 0.348. The monoisotopic (exact) mass is 321 g/mol. The zero-order valence-electron chi connectivity index (χ0n) is 11.1. The van der Waals surface area contributed by atoms with E-state index in [1.807, 2.05) is 0 Å². The molecule has 2 atom stereocenters. The first-order valence-corrected chi connectivity index (χ1v) is 8.31. The molecule has 1 fully saturated rings. The van der Waals surface area contributed by atoms with Gasteiger partial charge in [0.25, 0.3) is 0 Å². The minimum Gasteiger partial charge on any atom is -0.381 e. The van der Waals surface area contributed by atoms with Crippen molar-refractivity contribution in [2.75, 3.05) is 20.3 Å². The zero-order chi connectivity index (χ0) is 14.8. The van der Waals surface area contributed by atoms with Gasteiger partial charge >= 0.3 is 0 Å². The summed E-state index contributed by atoms with van der Waals surface area (Å²) in [7, 11) is -2.02. The Morgan fingerprint density at radius 2 is 2.25 bits per heavy atom. The maximum atomic E-state index is 13.8. The molecule has 112 valence electrons. The first-order valence-electron chi connectivity index (χ1n) is 6.38. The Labute approximate surface area is 123 Å². The summed E-state index contributed by atoms with van der Waals surface area (Å²) in [6.45, 7) is 0.684. The van der Waals surface area contributed by atoms with Crippen molar-refractivity contribution in [3.05, 3.63) is 34.6 Å². The van der Waals surface area contributed by atoms with Crippen LogP contribution in [0.1, 0.15) is 12.0 Å². The molecule has 0 aromatic heterocycles. The number of rotatable bonds is 4. The average Bonchev–Trinajstić information content (AvgIpc) is 2.43. The van der Waals surface area contributed by atoms with Gasteiger partial charge in [-0.1, -0.05) is 17.7 Å². The Morgan fingerprint density at radius 3 is 2.90 bits per heavy atom. The van der Waals surface area contributed by atoms with Crippen molar-refractivity contribution in [3.63, 3.8) is 0 Å². The van der Waals surface area contributed by atoms with E-state index in [0.717, 1.165) is 0 Å². The summed E-state index contributed by atoms with van der Waals surface area (Å²) >= 11 is 6.00. The molecule has 0 amide bonds. The van der Waals surface area contributed by atoms with Crippen molar-refractivity contribution in [1.82, 2.24) is 4.72 Å². The van der Waals surface area contributed by atoms with E-state index in [0.29, 0.717) is 23.6 Å². The van der Waals surface area contributed by atoms with Crippen molar-refractivity contribution < 1.29 is 17.5 Å². The molecule has 1 aromatic carbocycles. The first kappa shape index (κ1) is 15.7. The third-order valence-electron chi connectivity index (χ3n) is 3.62. The minimum atomic E-state index is -3.41. The van der Waals surface area contributed by atoms with E-state index < -0.39 is 21.1 Å². The molecule has 1 N–H and O–H groups in total. The van der Waals surface area contributed by atoms with Crippen LogP contribution in [-0.2, 0) is 21.2 Å². The Kier molecular flexibility index (Phi) is 5.01. The lowest BCUT2D eigenvalue weighted by Gasteiger charge is -2.31. The Balaban J connectivity index is 2.26. The molecule has 0 spiro atoms. The first-order chi connectivity index (χ1) is 9.45. The van der Waals surface area contributed by atoms with Gasteiger partial charge < -0.3 is 4.74 Å². The molecule has 0 aliphatic carbocycles. The molecule has 1 saturated heterocycles. The van der Waals surface area contributed by atoms with Gasteiger partial charge in [0.15, 0.2) is 0 Å². The number of sulfonamides is 1. The smallest absolute Gasteiger partial charge is 0.214 e. The summed E-state index contributed by atoms with van der Waals surface area (Å²) in [4.78, 5) is 0. The fourth-order valence-corrected chi connectivity index (χ4v) is 4.15. The second kappa shape index (κ2) is 6.39. The minimum absolute atomic E-state index is 0.247. The molecule has 20 heavy (non-hydrogen) atoms. The summed E-state index contributed by atoms with van der Waals surface area (Å²) in [6, 6.07) is 4.46. The molecule has 0 unspecified atom stereocenters.